The zero-order chi connectivity index (χ0) is 16.8. The van der Waals surface area contributed by atoms with Gasteiger partial charge in [-0.25, -0.2) is 4.98 Å². The van der Waals surface area contributed by atoms with Gasteiger partial charge in [-0.05, 0) is 32.9 Å². The topological polar surface area (TPSA) is 44.9 Å². The van der Waals surface area contributed by atoms with E-state index in [0.717, 1.165) is 23.8 Å². The summed E-state index contributed by atoms with van der Waals surface area (Å²) in [4.78, 5) is 11.5. The molecule has 5 nitrogen and oxygen atoms in total. The minimum Gasteiger partial charge on any atom is -0.351 e. The van der Waals surface area contributed by atoms with Crippen molar-refractivity contribution in [3.63, 3.8) is 0 Å². The first-order valence-corrected chi connectivity index (χ1v) is 8.18. The number of aryl methyl sites for hydroxylation is 1. The van der Waals surface area contributed by atoms with E-state index in [4.69, 9.17) is 0 Å². The normalized spacial score (nSPS) is 18.9. The number of aromatic nitrogens is 2. The second-order valence-corrected chi connectivity index (χ2v) is 7.56. The van der Waals surface area contributed by atoms with Crippen LogP contribution in [-0.2, 0) is 6.54 Å². The third-order valence-corrected chi connectivity index (χ3v) is 5.53. The second kappa shape index (κ2) is 6.54. The second-order valence-electron chi connectivity index (χ2n) is 7.56. The fourth-order valence-electron chi connectivity index (χ4n) is 3.15. The summed E-state index contributed by atoms with van der Waals surface area (Å²) in [6.07, 6.45) is 2.09. The number of fused-ring (bicyclic) bond motifs is 1. The number of halogens is 1. The van der Waals surface area contributed by atoms with Gasteiger partial charge in [-0.3, -0.25) is 4.99 Å². The van der Waals surface area contributed by atoms with Gasteiger partial charge in [0.2, 0.25) is 0 Å². The van der Waals surface area contributed by atoms with E-state index in [0.29, 0.717) is 12.0 Å². The molecule has 0 bridgehead atoms. The van der Waals surface area contributed by atoms with Crippen LogP contribution in [0.25, 0.3) is 5.65 Å². The van der Waals surface area contributed by atoms with E-state index in [9.17, 15) is 0 Å². The lowest BCUT2D eigenvalue weighted by Gasteiger charge is -2.62. The summed E-state index contributed by atoms with van der Waals surface area (Å²) in [5, 5.41) is 3.46. The van der Waals surface area contributed by atoms with E-state index in [1.54, 1.807) is 0 Å². The van der Waals surface area contributed by atoms with Crippen molar-refractivity contribution in [2.24, 2.45) is 10.4 Å². The highest BCUT2D eigenvalue weighted by Gasteiger charge is 2.53. The molecule has 0 spiro atoms. The quantitative estimate of drug-likeness (QED) is 0.441. The number of nitrogens with zero attached hydrogens (tertiary/aromatic N) is 4. The van der Waals surface area contributed by atoms with Crippen molar-refractivity contribution in [3.8, 4) is 0 Å². The molecule has 0 aliphatic carbocycles. The highest BCUT2D eigenvalue weighted by molar-refractivity contribution is 14.0. The van der Waals surface area contributed by atoms with Crippen LogP contribution in [0.2, 0.25) is 0 Å². The van der Waals surface area contributed by atoms with Crippen molar-refractivity contribution in [1.82, 2.24) is 19.6 Å². The third-order valence-electron chi connectivity index (χ3n) is 5.53. The van der Waals surface area contributed by atoms with Crippen LogP contribution in [0.15, 0.2) is 29.4 Å². The number of likely N-dealkylation sites (tertiary alicyclic amines) is 1. The summed E-state index contributed by atoms with van der Waals surface area (Å²) in [5.41, 5.74) is 3.60. The summed E-state index contributed by atoms with van der Waals surface area (Å²) in [6, 6.07) is 6.17. The van der Waals surface area contributed by atoms with Gasteiger partial charge in [0.25, 0.3) is 0 Å². The first-order valence-electron chi connectivity index (χ1n) is 8.18. The van der Waals surface area contributed by atoms with E-state index in [1.165, 1.54) is 5.69 Å². The van der Waals surface area contributed by atoms with Crippen LogP contribution in [-0.4, -0.2) is 39.4 Å². The van der Waals surface area contributed by atoms with Gasteiger partial charge in [0, 0.05) is 36.4 Å². The third kappa shape index (κ3) is 3.00. The Morgan fingerprint density at radius 1 is 1.29 bits per heavy atom. The molecule has 1 aliphatic heterocycles. The van der Waals surface area contributed by atoms with E-state index in [1.807, 2.05) is 19.2 Å². The molecular formula is C18H28IN5. The Hall–Kier alpha value is -1.31. The fourth-order valence-corrected chi connectivity index (χ4v) is 3.15. The van der Waals surface area contributed by atoms with E-state index in [2.05, 4.69) is 71.5 Å². The predicted molar refractivity (Wildman–Crippen MR) is 110 cm³/mol. The van der Waals surface area contributed by atoms with Crippen molar-refractivity contribution in [3.05, 3.63) is 35.8 Å². The largest absolute Gasteiger partial charge is 0.351 e. The molecule has 0 radical (unpaired) electrons. The Balaban J connectivity index is 0.00000208. The van der Waals surface area contributed by atoms with E-state index < -0.39 is 0 Å². The molecule has 132 valence electrons. The Kier molecular flexibility index (Phi) is 5.18. The van der Waals surface area contributed by atoms with Gasteiger partial charge in [-0.2, -0.15) is 0 Å². The van der Waals surface area contributed by atoms with Crippen molar-refractivity contribution >= 4 is 35.6 Å². The van der Waals surface area contributed by atoms with Crippen molar-refractivity contribution in [2.75, 3.05) is 13.6 Å². The van der Waals surface area contributed by atoms with Gasteiger partial charge < -0.3 is 14.6 Å². The van der Waals surface area contributed by atoms with Crippen molar-refractivity contribution in [2.45, 2.75) is 46.7 Å². The van der Waals surface area contributed by atoms with Crippen LogP contribution in [0.3, 0.4) is 0 Å². The lowest BCUT2D eigenvalue weighted by Crippen LogP contribution is -2.72. The molecule has 0 amide bonds. The molecule has 1 N–H and O–H groups in total. The fraction of sp³-hybridized carbons (Fsp3) is 0.556. The molecule has 3 rings (SSSR count). The smallest absolute Gasteiger partial charge is 0.194 e. The molecule has 2 aromatic rings. The Labute approximate surface area is 161 Å². The van der Waals surface area contributed by atoms with Crippen LogP contribution in [0.5, 0.6) is 0 Å². The van der Waals surface area contributed by atoms with Gasteiger partial charge in [-0.1, -0.05) is 19.9 Å². The van der Waals surface area contributed by atoms with Crippen LogP contribution < -0.4 is 5.32 Å². The summed E-state index contributed by atoms with van der Waals surface area (Å²) in [5.74, 6) is 0.947. The molecule has 3 heterocycles. The van der Waals surface area contributed by atoms with E-state index >= 15 is 0 Å². The summed E-state index contributed by atoms with van der Waals surface area (Å²) in [7, 11) is 1.84. The number of aliphatic imine (C=N–C) groups is 1. The molecule has 1 aliphatic rings. The molecular weight excluding hydrogens is 413 g/mol. The predicted octanol–water partition coefficient (Wildman–Crippen LogP) is 3.46. The van der Waals surface area contributed by atoms with Crippen molar-refractivity contribution < 1.29 is 0 Å². The lowest BCUT2D eigenvalue weighted by molar-refractivity contribution is -0.0668. The van der Waals surface area contributed by atoms with Gasteiger partial charge in [0.05, 0.1) is 12.2 Å². The van der Waals surface area contributed by atoms with Gasteiger partial charge in [0.1, 0.15) is 5.65 Å². The Morgan fingerprint density at radius 2 is 2.00 bits per heavy atom. The highest BCUT2D eigenvalue weighted by Crippen LogP contribution is 2.46. The lowest BCUT2D eigenvalue weighted by atomic mass is 9.65. The zero-order valence-corrected chi connectivity index (χ0v) is 17.8. The van der Waals surface area contributed by atoms with Crippen LogP contribution in [0.1, 0.15) is 39.1 Å². The minimum absolute atomic E-state index is 0. The van der Waals surface area contributed by atoms with Crippen LogP contribution in [0.4, 0.5) is 0 Å². The van der Waals surface area contributed by atoms with Gasteiger partial charge in [0.15, 0.2) is 5.96 Å². The average molecular weight is 441 g/mol. The maximum atomic E-state index is 4.67. The number of nitrogens with one attached hydrogen (secondary N) is 1. The molecule has 24 heavy (non-hydrogen) atoms. The van der Waals surface area contributed by atoms with Gasteiger partial charge in [-0.15, -0.1) is 24.0 Å². The first-order chi connectivity index (χ1) is 10.8. The standard InChI is InChI=1S/C18H27N5.HI/c1-13-8-7-9-15-21-14(11-22(13)15)10-20-16(19-6)23-12-17(2,3)18(23,4)5;/h7-9,11H,10,12H2,1-6H3,(H,19,20);1H. The highest BCUT2D eigenvalue weighted by atomic mass is 127. The minimum atomic E-state index is 0. The molecule has 0 aromatic carbocycles. The zero-order valence-electron chi connectivity index (χ0n) is 15.4. The number of hydrogen-bond acceptors (Lipinski definition) is 2. The summed E-state index contributed by atoms with van der Waals surface area (Å²) >= 11 is 0. The number of rotatable bonds is 2. The number of pyridine rings is 1. The number of imidazole rings is 1. The Bertz CT molecular complexity index is 760. The molecule has 0 unspecified atom stereocenters. The maximum absolute atomic E-state index is 4.67. The SMILES string of the molecule is CN=C(NCc1cn2c(C)cccc2n1)N1CC(C)(C)C1(C)C.I. The van der Waals surface area contributed by atoms with E-state index in [-0.39, 0.29) is 29.5 Å². The molecule has 0 saturated carbocycles. The number of hydrogen-bond donors (Lipinski definition) is 1. The monoisotopic (exact) mass is 441 g/mol. The maximum Gasteiger partial charge on any atom is 0.194 e. The van der Waals surface area contributed by atoms with Crippen LogP contribution >= 0.6 is 24.0 Å². The summed E-state index contributed by atoms with van der Waals surface area (Å²) < 4.78 is 2.12. The molecule has 1 fully saturated rings. The Morgan fingerprint density at radius 3 is 2.54 bits per heavy atom. The molecule has 0 atom stereocenters. The summed E-state index contributed by atoms with van der Waals surface area (Å²) in [6.45, 7) is 13.0. The van der Waals surface area contributed by atoms with Crippen LogP contribution in [0, 0.1) is 12.3 Å². The first kappa shape index (κ1) is 19.0. The van der Waals surface area contributed by atoms with Crippen molar-refractivity contribution in [1.29, 1.82) is 0 Å². The molecule has 2 aromatic heterocycles. The number of guanidine groups is 1. The average Bonchev–Trinajstić information content (AvgIpc) is 2.91. The van der Waals surface area contributed by atoms with Gasteiger partial charge >= 0.3 is 0 Å². The molecule has 6 heteroatoms. The molecule has 1 saturated heterocycles.